The van der Waals surface area contributed by atoms with Crippen molar-refractivity contribution in [1.82, 2.24) is 4.98 Å². The van der Waals surface area contributed by atoms with Crippen LogP contribution in [0.15, 0.2) is 60.9 Å². The first kappa shape index (κ1) is 25.5. The van der Waals surface area contributed by atoms with Gasteiger partial charge < -0.3 is 24.4 Å². The molecule has 1 aliphatic rings. The van der Waals surface area contributed by atoms with Crippen LogP contribution in [0.25, 0.3) is 10.8 Å². The highest BCUT2D eigenvalue weighted by Crippen LogP contribution is 2.79. The molecule has 3 aromatic rings. The Hall–Kier alpha value is -2.62. The molecule has 1 fully saturated rings. The summed E-state index contributed by atoms with van der Waals surface area (Å²) in [5, 5.41) is 8.52. The van der Waals surface area contributed by atoms with Crippen molar-refractivity contribution in [1.29, 1.82) is 0 Å². The number of rotatable bonds is 5. The lowest BCUT2D eigenvalue weighted by atomic mass is 10.0. The molecular weight excluding hydrogens is 500 g/mol. The molecule has 13 heteroatoms. The zero-order valence-electron chi connectivity index (χ0n) is 18.7. The van der Waals surface area contributed by atoms with Gasteiger partial charge in [0, 0.05) is 29.8 Å². The maximum atomic E-state index is 13.1. The number of nitrogens with zero attached hydrogens (tertiary/aromatic N) is 1. The van der Waals surface area contributed by atoms with E-state index in [4.69, 9.17) is 18.5 Å². The number of benzene rings is 2. The van der Waals surface area contributed by atoms with Gasteiger partial charge in [-0.1, -0.05) is 30.3 Å². The second-order valence-corrected chi connectivity index (χ2v) is 12.4. The maximum Gasteiger partial charge on any atom is 0.514 e. The Morgan fingerprint density at radius 3 is 2.31 bits per heavy atom. The first-order chi connectivity index (χ1) is 16.4. The van der Waals surface area contributed by atoms with Crippen molar-refractivity contribution in [3.63, 3.8) is 0 Å². The molecule has 1 aliphatic heterocycles. The van der Waals surface area contributed by atoms with E-state index < -0.39 is 45.2 Å². The third-order valence-electron chi connectivity index (χ3n) is 5.24. The van der Waals surface area contributed by atoms with Gasteiger partial charge in [0.15, 0.2) is 0 Å². The first-order valence-electron chi connectivity index (χ1n) is 10.5. The van der Waals surface area contributed by atoms with Crippen LogP contribution < -0.4 is 4.74 Å². The number of hydrogen-bond donors (Lipinski definition) is 3. The predicted octanol–water partition coefficient (Wildman–Crippen LogP) is 4.46. The Labute approximate surface area is 200 Å². The molecule has 2 heterocycles. The van der Waals surface area contributed by atoms with Crippen LogP contribution in [-0.2, 0) is 29.3 Å². The monoisotopic (exact) mass is 523 g/mol. The summed E-state index contributed by atoms with van der Waals surface area (Å²) in [6.45, 7) is 3.33. The van der Waals surface area contributed by atoms with Crippen LogP contribution in [-0.4, -0.2) is 37.2 Å². The molecule has 35 heavy (non-hydrogen) atoms. The highest BCUT2D eigenvalue weighted by molar-refractivity contribution is 7.73. The van der Waals surface area contributed by atoms with E-state index in [9.17, 15) is 28.8 Å². The van der Waals surface area contributed by atoms with Crippen LogP contribution in [0.3, 0.4) is 0 Å². The number of fused-ring (bicyclic) bond motifs is 1. The average Bonchev–Trinajstić information content (AvgIpc) is 2.77. The summed E-state index contributed by atoms with van der Waals surface area (Å²) in [4.78, 5) is 37.0. The van der Waals surface area contributed by atoms with Gasteiger partial charge in [-0.15, -0.1) is 0 Å². The minimum atomic E-state index is -5.16. The van der Waals surface area contributed by atoms with Crippen molar-refractivity contribution in [2.45, 2.75) is 37.7 Å². The van der Waals surface area contributed by atoms with Crippen molar-refractivity contribution >= 4 is 32.1 Å². The van der Waals surface area contributed by atoms with Gasteiger partial charge in [0.25, 0.3) is 5.08 Å². The van der Waals surface area contributed by atoms with Gasteiger partial charge in [-0.25, -0.2) is 4.79 Å². The second kappa shape index (κ2) is 9.44. The van der Waals surface area contributed by atoms with Crippen molar-refractivity contribution in [3.05, 3.63) is 72.1 Å². The molecule has 1 saturated heterocycles. The van der Waals surface area contributed by atoms with Gasteiger partial charge in [-0.2, -0.15) is 0 Å². The largest absolute Gasteiger partial charge is 0.514 e. The Morgan fingerprint density at radius 2 is 1.71 bits per heavy atom. The molecule has 3 N–H and O–H groups in total. The van der Waals surface area contributed by atoms with Crippen LogP contribution in [0.4, 0.5) is 4.79 Å². The molecule has 1 aromatic heterocycles. The van der Waals surface area contributed by atoms with E-state index in [0.717, 1.165) is 0 Å². The number of carbonyl (C=O) groups excluding carboxylic acids is 1. The molecular formula is C22H23NO10P2. The summed E-state index contributed by atoms with van der Waals surface area (Å²) < 4.78 is 46.9. The molecule has 0 aliphatic carbocycles. The molecule has 0 bridgehead atoms. The highest BCUT2D eigenvalue weighted by Gasteiger charge is 2.67. The number of ether oxygens (including phenoxy) is 2. The summed E-state index contributed by atoms with van der Waals surface area (Å²) in [5.74, 6) is 0.123. The fraction of sp³-hybridized carbons (Fsp3) is 0.273. The second-order valence-electron chi connectivity index (χ2n) is 8.11. The lowest BCUT2D eigenvalue weighted by Gasteiger charge is -2.41. The Kier molecular flexibility index (Phi) is 6.87. The normalized spacial score (nSPS) is 28.7. The number of carbonyl (C=O) groups is 1. The first-order valence-corrected chi connectivity index (χ1v) is 13.6. The molecule has 0 spiro atoms. The van der Waals surface area contributed by atoms with Crippen LogP contribution in [0.1, 0.15) is 31.3 Å². The smallest absolute Gasteiger partial charge is 0.431 e. The quantitative estimate of drug-likeness (QED) is 0.246. The van der Waals surface area contributed by atoms with Crippen LogP contribution in [0.5, 0.6) is 5.75 Å². The topological polar surface area (TPSA) is 162 Å². The lowest BCUT2D eigenvalue weighted by Crippen LogP contribution is -2.37. The summed E-state index contributed by atoms with van der Waals surface area (Å²) in [6.07, 6.45) is -1.10. The highest BCUT2D eigenvalue weighted by atomic mass is 31.2. The van der Waals surface area contributed by atoms with Gasteiger partial charge in [-0.05, 0) is 43.0 Å². The van der Waals surface area contributed by atoms with Crippen LogP contribution >= 0.6 is 15.2 Å². The summed E-state index contributed by atoms with van der Waals surface area (Å²) in [6, 6.07) is 12.2. The van der Waals surface area contributed by atoms with E-state index in [1.54, 1.807) is 38.1 Å². The standard InChI is InChI=1S/C22H23NO10P2/c1-14(2)30-21(24)31-19-10-9-18(16-7-3-4-8-17(16)19)20-32-34(26,27)22(25,35(28,29)33-20)12-15-6-5-11-23-13-15/h3-11,13-14,20,25H,12H2,1-2H3,(H,26,27)(H,28,29). The molecule has 0 saturated carbocycles. The molecule has 0 radical (unpaired) electrons. The SMILES string of the molecule is CC(C)OC(=O)Oc1ccc(C2OP(=O)(O)C(O)(Cc3cccnc3)P(=O)(O)O2)c2ccccc12. The van der Waals surface area contributed by atoms with Crippen molar-refractivity contribution in [3.8, 4) is 5.75 Å². The Morgan fingerprint density at radius 1 is 1.06 bits per heavy atom. The molecule has 2 atom stereocenters. The van der Waals surface area contributed by atoms with Gasteiger partial charge in [0.2, 0.25) is 6.29 Å². The van der Waals surface area contributed by atoms with Crippen LogP contribution in [0, 0.1) is 0 Å². The molecule has 2 unspecified atom stereocenters. The Bertz CT molecular complexity index is 1320. The van der Waals surface area contributed by atoms with Crippen molar-refractivity contribution in [2.75, 3.05) is 0 Å². The summed E-state index contributed by atoms with van der Waals surface area (Å²) in [7, 11) is -10.3. The molecule has 186 valence electrons. The zero-order valence-corrected chi connectivity index (χ0v) is 20.5. The number of pyridine rings is 1. The van der Waals surface area contributed by atoms with E-state index >= 15 is 0 Å². The minimum Gasteiger partial charge on any atom is -0.431 e. The number of aromatic nitrogens is 1. The zero-order chi connectivity index (χ0) is 25.4. The van der Waals surface area contributed by atoms with Crippen LogP contribution in [0.2, 0.25) is 0 Å². The molecule has 4 rings (SSSR count). The lowest BCUT2D eigenvalue weighted by molar-refractivity contribution is -0.0570. The summed E-state index contributed by atoms with van der Waals surface area (Å²) in [5.41, 5.74) is 0.335. The van der Waals surface area contributed by atoms with E-state index in [2.05, 4.69) is 4.98 Å². The van der Waals surface area contributed by atoms with Gasteiger partial charge in [-0.3, -0.25) is 23.2 Å². The molecule has 2 aromatic carbocycles. The van der Waals surface area contributed by atoms with E-state index in [1.165, 1.54) is 36.7 Å². The third kappa shape index (κ3) is 4.90. The summed E-state index contributed by atoms with van der Waals surface area (Å²) >= 11 is 0. The maximum absolute atomic E-state index is 13.1. The fourth-order valence-corrected chi connectivity index (χ4v) is 7.16. The predicted molar refractivity (Wildman–Crippen MR) is 124 cm³/mol. The Balaban J connectivity index is 1.70. The fourth-order valence-electron chi connectivity index (χ4n) is 3.59. The molecule has 0 amide bonds. The molecule has 11 nitrogen and oxygen atoms in total. The van der Waals surface area contributed by atoms with Gasteiger partial charge >= 0.3 is 21.3 Å². The average molecular weight is 523 g/mol. The number of hydrogen-bond acceptors (Lipinski definition) is 9. The third-order valence-corrected chi connectivity index (χ3v) is 9.84. The van der Waals surface area contributed by atoms with Gasteiger partial charge in [0.1, 0.15) is 5.75 Å². The van der Waals surface area contributed by atoms with E-state index in [1.807, 2.05) is 0 Å². The van der Waals surface area contributed by atoms with Crippen molar-refractivity contribution < 1.29 is 47.3 Å². The van der Waals surface area contributed by atoms with E-state index in [0.29, 0.717) is 10.8 Å². The number of aliphatic hydroxyl groups is 1. The van der Waals surface area contributed by atoms with Gasteiger partial charge in [0.05, 0.1) is 6.10 Å². The minimum absolute atomic E-state index is 0.108. The van der Waals surface area contributed by atoms with Crippen molar-refractivity contribution in [2.24, 2.45) is 0 Å². The van der Waals surface area contributed by atoms with E-state index in [-0.39, 0.29) is 16.9 Å².